The topological polar surface area (TPSA) is 97.5 Å². The highest BCUT2D eigenvalue weighted by molar-refractivity contribution is 5.99. The molecular formula is C7H6N4O2. The number of aromatic nitrogens is 2. The Kier molecular flexibility index (Phi) is 1.59. The first-order chi connectivity index (χ1) is 6.31. The quantitative estimate of drug-likeness (QED) is 0.283. The van der Waals surface area contributed by atoms with E-state index in [1.165, 1.54) is 0 Å². The van der Waals surface area contributed by atoms with Crippen LogP contribution in [0.2, 0.25) is 0 Å². The minimum atomic E-state index is 0.0323. The Balaban J connectivity index is 2.60. The van der Waals surface area contributed by atoms with Crippen molar-refractivity contribution in [3.63, 3.8) is 0 Å². The lowest BCUT2D eigenvalue weighted by Crippen LogP contribution is -2.12. The number of hydrogen-bond donors (Lipinski definition) is 2. The lowest BCUT2D eigenvalue weighted by atomic mass is 10.2. The second-order valence-corrected chi connectivity index (χ2v) is 2.45. The molecule has 1 aromatic heterocycles. The van der Waals surface area contributed by atoms with Gasteiger partial charge in [-0.05, 0) is 28.5 Å². The van der Waals surface area contributed by atoms with Crippen molar-refractivity contribution in [3.05, 3.63) is 23.8 Å². The average Bonchev–Trinajstić information content (AvgIpc) is 2.63. The monoisotopic (exact) mass is 178 g/mol. The van der Waals surface area contributed by atoms with Gasteiger partial charge >= 0.3 is 0 Å². The van der Waals surface area contributed by atoms with Crippen molar-refractivity contribution in [1.82, 2.24) is 10.3 Å². The molecule has 0 saturated carbocycles. The summed E-state index contributed by atoms with van der Waals surface area (Å²) in [6.07, 6.45) is 0. The third kappa shape index (κ3) is 1.18. The predicted molar refractivity (Wildman–Crippen MR) is 44.3 cm³/mol. The normalized spacial score (nSPS) is 12.2. The van der Waals surface area contributed by atoms with Crippen LogP contribution in [-0.4, -0.2) is 21.4 Å². The molecule has 0 spiro atoms. The molecule has 0 aliphatic rings. The number of nitrogens with zero attached hydrogens (tertiary/aromatic N) is 3. The van der Waals surface area contributed by atoms with E-state index in [9.17, 15) is 0 Å². The molecule has 0 saturated heterocycles. The van der Waals surface area contributed by atoms with Crippen LogP contribution < -0.4 is 5.73 Å². The Bertz CT molecular complexity index is 462. The minimum absolute atomic E-state index is 0.0323. The van der Waals surface area contributed by atoms with Gasteiger partial charge in [0, 0.05) is 5.56 Å². The van der Waals surface area contributed by atoms with Gasteiger partial charge in [-0.3, -0.25) is 0 Å². The Morgan fingerprint density at radius 2 is 2.15 bits per heavy atom. The molecule has 0 aliphatic carbocycles. The Hall–Kier alpha value is -2.11. The maximum atomic E-state index is 8.41. The summed E-state index contributed by atoms with van der Waals surface area (Å²) in [5, 5.41) is 18.5. The van der Waals surface area contributed by atoms with Crippen LogP contribution in [-0.2, 0) is 0 Å². The molecule has 0 fully saturated rings. The summed E-state index contributed by atoms with van der Waals surface area (Å²) in [5.41, 5.74) is 7.16. The van der Waals surface area contributed by atoms with Crippen molar-refractivity contribution in [2.75, 3.05) is 0 Å². The molecule has 13 heavy (non-hydrogen) atoms. The van der Waals surface area contributed by atoms with Crippen molar-refractivity contribution in [2.24, 2.45) is 10.9 Å². The van der Waals surface area contributed by atoms with Crippen molar-refractivity contribution in [1.29, 1.82) is 0 Å². The molecule has 1 aromatic carbocycles. The standard InChI is InChI=1S/C7H6N4O2/c8-7(9-12)4-1-2-5-6(3-4)11-13-10-5/h1-3,12H,(H2,8,9). The van der Waals surface area contributed by atoms with Crippen LogP contribution in [0.15, 0.2) is 28.0 Å². The Morgan fingerprint density at radius 1 is 1.38 bits per heavy atom. The fraction of sp³-hybridized carbons (Fsp3) is 0. The van der Waals surface area contributed by atoms with Crippen LogP contribution in [0.25, 0.3) is 11.0 Å². The van der Waals surface area contributed by atoms with Crippen LogP contribution in [0.4, 0.5) is 0 Å². The number of benzene rings is 1. The summed E-state index contributed by atoms with van der Waals surface area (Å²) >= 11 is 0. The predicted octanol–water partition coefficient (Wildman–Crippen LogP) is 0.317. The Morgan fingerprint density at radius 3 is 2.92 bits per heavy atom. The summed E-state index contributed by atoms with van der Waals surface area (Å²) in [4.78, 5) is 0. The van der Waals surface area contributed by atoms with Gasteiger partial charge in [-0.1, -0.05) is 5.16 Å². The average molecular weight is 178 g/mol. The molecule has 3 N–H and O–H groups in total. The van der Waals surface area contributed by atoms with Crippen LogP contribution in [0.1, 0.15) is 5.56 Å². The van der Waals surface area contributed by atoms with Gasteiger partial charge in [-0.2, -0.15) is 0 Å². The minimum Gasteiger partial charge on any atom is -0.409 e. The summed E-state index contributed by atoms with van der Waals surface area (Å²) in [6.45, 7) is 0. The van der Waals surface area contributed by atoms with E-state index in [4.69, 9.17) is 10.9 Å². The smallest absolute Gasteiger partial charge is 0.170 e. The first-order valence-electron chi connectivity index (χ1n) is 3.51. The molecule has 0 amide bonds. The second-order valence-electron chi connectivity index (χ2n) is 2.45. The van der Waals surface area contributed by atoms with Gasteiger partial charge in [0.1, 0.15) is 11.0 Å². The van der Waals surface area contributed by atoms with E-state index in [0.717, 1.165) is 0 Å². The lowest BCUT2D eigenvalue weighted by molar-refractivity contribution is 0.315. The summed E-state index contributed by atoms with van der Waals surface area (Å²) < 4.78 is 4.49. The summed E-state index contributed by atoms with van der Waals surface area (Å²) in [7, 11) is 0. The number of hydrogen-bond acceptors (Lipinski definition) is 5. The number of nitrogens with two attached hydrogens (primary N) is 1. The fourth-order valence-electron chi connectivity index (χ4n) is 0.999. The molecule has 1 heterocycles. The zero-order chi connectivity index (χ0) is 9.26. The van der Waals surface area contributed by atoms with Gasteiger partial charge in [0.15, 0.2) is 5.84 Å². The maximum absolute atomic E-state index is 8.41. The van der Waals surface area contributed by atoms with E-state index in [1.54, 1.807) is 18.2 Å². The molecule has 0 radical (unpaired) electrons. The second kappa shape index (κ2) is 2.74. The van der Waals surface area contributed by atoms with Gasteiger partial charge < -0.3 is 10.9 Å². The molecular weight excluding hydrogens is 172 g/mol. The van der Waals surface area contributed by atoms with Crippen LogP contribution in [0.5, 0.6) is 0 Å². The fourth-order valence-corrected chi connectivity index (χ4v) is 0.999. The van der Waals surface area contributed by atoms with Crippen LogP contribution in [0.3, 0.4) is 0 Å². The van der Waals surface area contributed by atoms with Crippen molar-refractivity contribution in [2.45, 2.75) is 0 Å². The van der Waals surface area contributed by atoms with Crippen LogP contribution >= 0.6 is 0 Å². The SMILES string of the molecule is N/C(=N/O)c1ccc2nonc2c1. The highest BCUT2D eigenvalue weighted by atomic mass is 16.6. The zero-order valence-corrected chi connectivity index (χ0v) is 6.51. The van der Waals surface area contributed by atoms with E-state index in [0.29, 0.717) is 16.6 Å². The van der Waals surface area contributed by atoms with Gasteiger partial charge in [0.05, 0.1) is 0 Å². The third-order valence-corrected chi connectivity index (χ3v) is 1.66. The maximum Gasteiger partial charge on any atom is 0.170 e. The van der Waals surface area contributed by atoms with Gasteiger partial charge in [0.2, 0.25) is 0 Å². The summed E-state index contributed by atoms with van der Waals surface area (Å²) in [6, 6.07) is 4.97. The highest BCUT2D eigenvalue weighted by Crippen LogP contribution is 2.10. The van der Waals surface area contributed by atoms with Gasteiger partial charge in [-0.25, -0.2) is 4.63 Å². The molecule has 6 heteroatoms. The van der Waals surface area contributed by atoms with E-state index in [2.05, 4.69) is 20.1 Å². The first-order valence-corrected chi connectivity index (χ1v) is 3.51. The summed E-state index contributed by atoms with van der Waals surface area (Å²) in [5.74, 6) is 0.0323. The molecule has 0 atom stereocenters. The number of amidine groups is 1. The highest BCUT2D eigenvalue weighted by Gasteiger charge is 2.03. The van der Waals surface area contributed by atoms with Gasteiger partial charge in [0.25, 0.3) is 0 Å². The molecule has 66 valence electrons. The molecule has 0 aliphatic heterocycles. The van der Waals surface area contributed by atoms with E-state index < -0.39 is 0 Å². The first kappa shape index (κ1) is 7.53. The molecule has 0 unspecified atom stereocenters. The lowest BCUT2D eigenvalue weighted by Gasteiger charge is -1.95. The number of oxime groups is 1. The van der Waals surface area contributed by atoms with Gasteiger partial charge in [-0.15, -0.1) is 0 Å². The molecule has 2 aromatic rings. The number of rotatable bonds is 1. The van der Waals surface area contributed by atoms with E-state index >= 15 is 0 Å². The van der Waals surface area contributed by atoms with Crippen molar-refractivity contribution in [3.8, 4) is 0 Å². The van der Waals surface area contributed by atoms with Crippen molar-refractivity contribution < 1.29 is 9.84 Å². The number of fused-ring (bicyclic) bond motifs is 1. The zero-order valence-electron chi connectivity index (χ0n) is 6.51. The molecule has 6 nitrogen and oxygen atoms in total. The van der Waals surface area contributed by atoms with E-state index in [1.807, 2.05) is 0 Å². The van der Waals surface area contributed by atoms with Crippen molar-refractivity contribution >= 4 is 16.9 Å². The molecule has 0 bridgehead atoms. The Labute approximate surface area is 72.6 Å². The third-order valence-electron chi connectivity index (χ3n) is 1.66. The largest absolute Gasteiger partial charge is 0.409 e. The van der Waals surface area contributed by atoms with Crippen LogP contribution in [0, 0.1) is 0 Å². The molecule has 2 rings (SSSR count). The van der Waals surface area contributed by atoms with E-state index in [-0.39, 0.29) is 5.84 Å².